The second kappa shape index (κ2) is 8.71. The normalized spacial score (nSPS) is 10.5. The Morgan fingerprint density at radius 2 is 1.71 bits per heavy atom. The number of nitrogens with zero attached hydrogens (tertiary/aromatic N) is 1. The molecule has 0 saturated heterocycles. The Kier molecular flexibility index (Phi) is 6.64. The second-order valence-electron chi connectivity index (χ2n) is 5.50. The molecule has 0 unspecified atom stereocenters. The molecule has 2 N–H and O–H groups in total. The fourth-order valence-corrected chi connectivity index (χ4v) is 2.71. The van der Waals surface area contributed by atoms with Gasteiger partial charge in [-0.25, -0.2) is 0 Å². The molecule has 1 amide bonds. The highest BCUT2D eigenvalue weighted by molar-refractivity contribution is 6.34. The monoisotopic (exact) mass is 346 g/mol. The van der Waals surface area contributed by atoms with Crippen LogP contribution in [0.1, 0.15) is 35.3 Å². The molecular formula is C19H23ClN2O2. The molecule has 0 atom stereocenters. The minimum atomic E-state index is -0.0452. The van der Waals surface area contributed by atoms with Crippen molar-refractivity contribution in [3.8, 4) is 0 Å². The second-order valence-corrected chi connectivity index (χ2v) is 5.91. The van der Waals surface area contributed by atoms with Crippen LogP contribution in [0.15, 0.2) is 42.5 Å². The summed E-state index contributed by atoms with van der Waals surface area (Å²) in [6.45, 7) is 5.92. The maximum absolute atomic E-state index is 12.4. The zero-order valence-corrected chi connectivity index (χ0v) is 14.8. The van der Waals surface area contributed by atoms with E-state index in [1.165, 1.54) is 0 Å². The average molecular weight is 347 g/mol. The van der Waals surface area contributed by atoms with Gasteiger partial charge in [0.15, 0.2) is 0 Å². The van der Waals surface area contributed by atoms with Gasteiger partial charge in [-0.05, 0) is 43.2 Å². The van der Waals surface area contributed by atoms with E-state index in [0.29, 0.717) is 30.2 Å². The summed E-state index contributed by atoms with van der Waals surface area (Å²) >= 11 is 6.29. The Labute approximate surface area is 148 Å². The van der Waals surface area contributed by atoms with Crippen LogP contribution in [0.5, 0.6) is 0 Å². The zero-order valence-electron chi connectivity index (χ0n) is 14.1. The number of aliphatic hydroxyl groups is 1. The highest BCUT2D eigenvalue weighted by Gasteiger charge is 2.15. The first-order valence-corrected chi connectivity index (χ1v) is 8.48. The number of amides is 1. The molecule has 4 nitrogen and oxygen atoms in total. The first kappa shape index (κ1) is 18.3. The lowest BCUT2D eigenvalue weighted by Crippen LogP contribution is -2.30. The molecule has 2 aromatic rings. The number of halogens is 1. The van der Waals surface area contributed by atoms with Gasteiger partial charge < -0.3 is 15.3 Å². The van der Waals surface area contributed by atoms with Crippen molar-refractivity contribution in [1.82, 2.24) is 4.90 Å². The van der Waals surface area contributed by atoms with Gasteiger partial charge in [-0.1, -0.05) is 35.9 Å². The van der Waals surface area contributed by atoms with Gasteiger partial charge in [0.1, 0.15) is 0 Å². The van der Waals surface area contributed by atoms with E-state index >= 15 is 0 Å². The van der Waals surface area contributed by atoms with E-state index in [4.69, 9.17) is 16.7 Å². The maximum atomic E-state index is 12.4. The Balaban J connectivity index is 2.04. The summed E-state index contributed by atoms with van der Waals surface area (Å²) in [5, 5.41) is 12.8. The van der Waals surface area contributed by atoms with Crippen LogP contribution < -0.4 is 5.32 Å². The maximum Gasteiger partial charge on any atom is 0.255 e. The van der Waals surface area contributed by atoms with Crippen LogP contribution in [0.2, 0.25) is 5.02 Å². The molecule has 128 valence electrons. The smallest absolute Gasteiger partial charge is 0.255 e. The molecular weight excluding hydrogens is 324 g/mol. The Bertz CT molecular complexity index is 682. The van der Waals surface area contributed by atoms with Crippen molar-refractivity contribution in [1.29, 1.82) is 0 Å². The first-order valence-electron chi connectivity index (χ1n) is 8.10. The molecule has 0 aliphatic carbocycles. The number of benzene rings is 2. The van der Waals surface area contributed by atoms with E-state index in [1.54, 1.807) is 17.0 Å². The van der Waals surface area contributed by atoms with E-state index in [9.17, 15) is 4.79 Å². The fraction of sp³-hybridized carbons (Fsp3) is 0.316. The van der Waals surface area contributed by atoms with Crippen LogP contribution >= 0.6 is 11.6 Å². The number of hydrogen-bond donors (Lipinski definition) is 2. The van der Waals surface area contributed by atoms with Gasteiger partial charge in [0.05, 0.1) is 17.2 Å². The van der Waals surface area contributed by atoms with Crippen molar-refractivity contribution < 1.29 is 9.90 Å². The summed E-state index contributed by atoms with van der Waals surface area (Å²) in [5.74, 6) is -0.0452. The fourth-order valence-electron chi connectivity index (χ4n) is 2.45. The number of rotatable bonds is 7. The molecule has 0 aliphatic rings. The average Bonchev–Trinajstić information content (AvgIpc) is 2.61. The highest BCUT2D eigenvalue weighted by Crippen LogP contribution is 2.23. The van der Waals surface area contributed by atoms with Crippen LogP contribution in [0.4, 0.5) is 5.69 Å². The topological polar surface area (TPSA) is 52.6 Å². The summed E-state index contributed by atoms with van der Waals surface area (Å²) in [6.07, 6.45) is 0. The summed E-state index contributed by atoms with van der Waals surface area (Å²) in [5.41, 5.74) is 3.38. The number of aliphatic hydroxyl groups excluding tert-OH is 1. The van der Waals surface area contributed by atoms with Gasteiger partial charge in [-0.15, -0.1) is 0 Å². The van der Waals surface area contributed by atoms with Gasteiger partial charge in [-0.3, -0.25) is 4.79 Å². The summed E-state index contributed by atoms with van der Waals surface area (Å²) in [4.78, 5) is 14.1. The molecule has 0 spiro atoms. The van der Waals surface area contributed by atoms with Crippen LogP contribution in [-0.2, 0) is 13.2 Å². The number of nitrogens with one attached hydrogen (secondary N) is 1. The number of hydrogen-bond acceptors (Lipinski definition) is 3. The third-order valence-electron chi connectivity index (χ3n) is 3.95. The zero-order chi connectivity index (χ0) is 17.5. The Morgan fingerprint density at radius 3 is 2.25 bits per heavy atom. The van der Waals surface area contributed by atoms with Crippen LogP contribution in [0.25, 0.3) is 0 Å². The largest absolute Gasteiger partial charge is 0.392 e. The lowest BCUT2D eigenvalue weighted by atomic mass is 10.1. The lowest BCUT2D eigenvalue weighted by Gasteiger charge is -2.19. The third kappa shape index (κ3) is 4.49. The lowest BCUT2D eigenvalue weighted by molar-refractivity contribution is 0.0773. The quantitative estimate of drug-likeness (QED) is 0.798. The minimum Gasteiger partial charge on any atom is -0.392 e. The number of anilines is 1. The first-order chi connectivity index (χ1) is 11.6. The molecule has 0 radical (unpaired) electrons. The molecule has 0 bridgehead atoms. The summed E-state index contributed by atoms with van der Waals surface area (Å²) < 4.78 is 0. The van der Waals surface area contributed by atoms with E-state index in [2.05, 4.69) is 5.32 Å². The van der Waals surface area contributed by atoms with Gasteiger partial charge in [0.2, 0.25) is 0 Å². The van der Waals surface area contributed by atoms with Crippen molar-refractivity contribution in [2.75, 3.05) is 18.4 Å². The molecule has 0 heterocycles. The van der Waals surface area contributed by atoms with Crippen LogP contribution in [-0.4, -0.2) is 29.0 Å². The van der Waals surface area contributed by atoms with Crippen molar-refractivity contribution in [3.05, 3.63) is 64.2 Å². The molecule has 0 saturated carbocycles. The van der Waals surface area contributed by atoms with Crippen molar-refractivity contribution in [2.24, 2.45) is 0 Å². The van der Waals surface area contributed by atoms with Crippen molar-refractivity contribution in [3.63, 3.8) is 0 Å². The Hall–Kier alpha value is -2.04. The molecule has 0 fully saturated rings. The minimum absolute atomic E-state index is 0.0452. The number of carbonyl (C=O) groups excluding carboxylic acids is 1. The molecule has 2 aromatic carbocycles. The highest BCUT2D eigenvalue weighted by atomic mass is 35.5. The standard InChI is InChI=1S/C19H23ClN2O2/c1-3-22(4-2)19(24)17-10-9-16(11-18(17)20)21-12-14-5-7-15(13-23)8-6-14/h5-11,21,23H,3-4,12-13H2,1-2H3. The Morgan fingerprint density at radius 1 is 1.08 bits per heavy atom. The van der Waals surface area contributed by atoms with Crippen molar-refractivity contribution >= 4 is 23.2 Å². The van der Waals surface area contributed by atoms with Crippen molar-refractivity contribution in [2.45, 2.75) is 27.0 Å². The van der Waals surface area contributed by atoms with Gasteiger partial charge in [0.25, 0.3) is 5.91 Å². The van der Waals surface area contributed by atoms with Crippen LogP contribution in [0.3, 0.4) is 0 Å². The predicted molar refractivity (Wildman–Crippen MR) is 98.4 cm³/mol. The SMILES string of the molecule is CCN(CC)C(=O)c1ccc(NCc2ccc(CO)cc2)cc1Cl. The molecule has 5 heteroatoms. The molecule has 2 rings (SSSR count). The van der Waals surface area contributed by atoms with E-state index in [0.717, 1.165) is 16.8 Å². The van der Waals surface area contributed by atoms with Gasteiger partial charge >= 0.3 is 0 Å². The summed E-state index contributed by atoms with van der Waals surface area (Å²) in [7, 11) is 0. The molecule has 0 aromatic heterocycles. The number of carbonyl (C=O) groups is 1. The summed E-state index contributed by atoms with van der Waals surface area (Å²) in [6, 6.07) is 13.1. The molecule has 0 aliphatic heterocycles. The van der Waals surface area contributed by atoms with Gasteiger partial charge in [0, 0.05) is 25.3 Å². The van der Waals surface area contributed by atoms with E-state index < -0.39 is 0 Å². The van der Waals surface area contributed by atoms with E-state index in [1.807, 2.05) is 44.2 Å². The predicted octanol–water partition coefficient (Wildman–Crippen LogP) is 3.93. The molecule has 24 heavy (non-hydrogen) atoms. The third-order valence-corrected chi connectivity index (χ3v) is 4.27. The van der Waals surface area contributed by atoms with E-state index in [-0.39, 0.29) is 12.5 Å². The van der Waals surface area contributed by atoms with Gasteiger partial charge in [-0.2, -0.15) is 0 Å². The van der Waals surface area contributed by atoms with Crippen LogP contribution in [0, 0.1) is 0 Å².